The minimum absolute atomic E-state index is 0.262. The summed E-state index contributed by atoms with van der Waals surface area (Å²) < 4.78 is 0. The van der Waals surface area contributed by atoms with Gasteiger partial charge in [-0.2, -0.15) is 0 Å². The molecule has 15 heavy (non-hydrogen) atoms. The average molecular weight is 209 g/mol. The molecule has 1 aromatic rings. The molecule has 0 amide bonds. The first-order valence-electron chi connectivity index (χ1n) is 5.18. The van der Waals surface area contributed by atoms with E-state index in [1.54, 1.807) is 0 Å². The Morgan fingerprint density at radius 3 is 2.07 bits per heavy atom. The van der Waals surface area contributed by atoms with E-state index in [1.807, 2.05) is 0 Å². The second-order valence-corrected chi connectivity index (χ2v) is 3.65. The number of benzene rings is 1. The second kappa shape index (κ2) is 5.49. The summed E-state index contributed by atoms with van der Waals surface area (Å²) in [7, 11) is 0. The van der Waals surface area contributed by atoms with Crippen molar-refractivity contribution in [3.63, 3.8) is 0 Å². The predicted octanol–water partition coefficient (Wildman–Crippen LogP) is 2.74. The third-order valence-corrected chi connectivity index (χ3v) is 2.34. The molecule has 0 aliphatic rings. The van der Waals surface area contributed by atoms with Gasteiger partial charge in [0.15, 0.2) is 17.2 Å². The van der Waals surface area contributed by atoms with Crippen molar-refractivity contribution in [2.75, 3.05) is 0 Å². The molecule has 1 radical (unpaired) electrons. The molecule has 3 N–H and O–H groups in total. The van der Waals surface area contributed by atoms with Crippen LogP contribution in [0.5, 0.6) is 17.2 Å². The zero-order valence-electron chi connectivity index (χ0n) is 8.74. The first kappa shape index (κ1) is 11.7. The van der Waals surface area contributed by atoms with Gasteiger partial charge in [-0.15, -0.1) is 0 Å². The Bertz CT molecular complexity index is 298. The van der Waals surface area contributed by atoms with E-state index in [4.69, 9.17) is 5.11 Å². The number of aromatic hydroxyl groups is 3. The van der Waals surface area contributed by atoms with Crippen molar-refractivity contribution in [2.45, 2.75) is 32.1 Å². The van der Waals surface area contributed by atoms with Gasteiger partial charge in [0.1, 0.15) is 0 Å². The molecule has 0 aliphatic carbocycles. The first-order chi connectivity index (χ1) is 7.15. The Morgan fingerprint density at radius 1 is 0.933 bits per heavy atom. The third-order valence-electron chi connectivity index (χ3n) is 2.34. The lowest BCUT2D eigenvalue weighted by Gasteiger charge is -2.05. The highest BCUT2D eigenvalue weighted by atomic mass is 16.3. The number of phenolic OH excluding ortho intramolecular Hbond substituents is 3. The van der Waals surface area contributed by atoms with Gasteiger partial charge < -0.3 is 15.3 Å². The predicted molar refractivity (Wildman–Crippen MR) is 59.0 cm³/mol. The van der Waals surface area contributed by atoms with E-state index in [1.165, 1.54) is 12.1 Å². The Labute approximate surface area is 90.0 Å². The lowest BCUT2D eigenvalue weighted by atomic mass is 10.1. The number of hydrogen-bond donors (Lipinski definition) is 3. The topological polar surface area (TPSA) is 60.7 Å². The molecule has 0 saturated heterocycles. The van der Waals surface area contributed by atoms with Gasteiger partial charge in [0.05, 0.1) is 0 Å². The van der Waals surface area contributed by atoms with Crippen molar-refractivity contribution in [1.29, 1.82) is 0 Å². The maximum atomic E-state index is 9.26. The molecular formula is C12H17O3. The molecule has 0 spiro atoms. The molecule has 0 aromatic heterocycles. The molecule has 0 bridgehead atoms. The van der Waals surface area contributed by atoms with Crippen molar-refractivity contribution < 1.29 is 15.3 Å². The van der Waals surface area contributed by atoms with Crippen LogP contribution in [-0.2, 0) is 6.42 Å². The number of hydrogen-bond acceptors (Lipinski definition) is 3. The summed E-state index contributed by atoms with van der Waals surface area (Å²) in [6.45, 7) is 3.76. The van der Waals surface area contributed by atoms with Crippen molar-refractivity contribution >= 4 is 0 Å². The van der Waals surface area contributed by atoms with Gasteiger partial charge >= 0.3 is 0 Å². The van der Waals surface area contributed by atoms with Crippen LogP contribution in [0.1, 0.15) is 31.2 Å². The molecule has 1 aromatic carbocycles. The molecule has 3 heteroatoms. The molecule has 0 fully saturated rings. The molecule has 0 atom stereocenters. The van der Waals surface area contributed by atoms with Crippen molar-refractivity contribution in [3.8, 4) is 17.2 Å². The molecule has 0 heterocycles. The Balaban J connectivity index is 2.55. The molecule has 1 rings (SSSR count). The summed E-state index contributed by atoms with van der Waals surface area (Å²) in [4.78, 5) is 0. The van der Waals surface area contributed by atoms with Gasteiger partial charge in [-0.3, -0.25) is 0 Å². The Kier molecular flexibility index (Phi) is 4.28. The zero-order valence-corrected chi connectivity index (χ0v) is 8.74. The quantitative estimate of drug-likeness (QED) is 0.516. The van der Waals surface area contributed by atoms with Crippen LogP contribution in [0.25, 0.3) is 0 Å². The third kappa shape index (κ3) is 3.35. The zero-order chi connectivity index (χ0) is 11.3. The highest BCUT2D eigenvalue weighted by Crippen LogP contribution is 2.35. The number of rotatable bonds is 5. The van der Waals surface area contributed by atoms with Crippen LogP contribution in [0.2, 0.25) is 0 Å². The van der Waals surface area contributed by atoms with Gasteiger partial charge in [-0.05, 0) is 30.5 Å². The molecule has 0 aliphatic heterocycles. The van der Waals surface area contributed by atoms with Crippen molar-refractivity contribution in [1.82, 2.24) is 0 Å². The number of aryl methyl sites for hydroxylation is 1. The van der Waals surface area contributed by atoms with Crippen LogP contribution in [0, 0.1) is 6.92 Å². The fourth-order valence-electron chi connectivity index (χ4n) is 1.49. The fourth-order valence-corrected chi connectivity index (χ4v) is 1.49. The highest BCUT2D eigenvalue weighted by Gasteiger charge is 2.07. The van der Waals surface area contributed by atoms with Gasteiger partial charge in [-0.25, -0.2) is 0 Å². The van der Waals surface area contributed by atoms with Crippen LogP contribution in [0.3, 0.4) is 0 Å². The molecule has 83 valence electrons. The lowest BCUT2D eigenvalue weighted by Crippen LogP contribution is -1.86. The summed E-state index contributed by atoms with van der Waals surface area (Å²) in [5, 5.41) is 27.7. The van der Waals surface area contributed by atoms with Crippen LogP contribution >= 0.6 is 0 Å². The van der Waals surface area contributed by atoms with Crippen molar-refractivity contribution in [2.24, 2.45) is 0 Å². The van der Waals surface area contributed by atoms with Gasteiger partial charge in [-0.1, -0.05) is 26.2 Å². The van der Waals surface area contributed by atoms with E-state index < -0.39 is 5.75 Å². The first-order valence-corrected chi connectivity index (χ1v) is 5.18. The van der Waals surface area contributed by atoms with Gasteiger partial charge in [0.25, 0.3) is 0 Å². The maximum Gasteiger partial charge on any atom is 0.200 e. The van der Waals surface area contributed by atoms with Crippen LogP contribution in [0.4, 0.5) is 0 Å². The summed E-state index contributed by atoms with van der Waals surface area (Å²) >= 11 is 0. The number of phenols is 3. The fraction of sp³-hybridized carbons (Fsp3) is 0.417. The maximum absolute atomic E-state index is 9.26. The average Bonchev–Trinajstić information content (AvgIpc) is 2.21. The standard InChI is InChI=1S/C12H17O3/c1-2-3-4-5-6-9-7-10(13)12(15)11(14)8-9/h7-8,13-15H,1-6H2. The summed E-state index contributed by atoms with van der Waals surface area (Å²) in [5.41, 5.74) is 0.840. The summed E-state index contributed by atoms with van der Waals surface area (Å²) in [6, 6.07) is 2.97. The largest absolute Gasteiger partial charge is 0.504 e. The van der Waals surface area contributed by atoms with Gasteiger partial charge in [0.2, 0.25) is 0 Å². The highest BCUT2D eigenvalue weighted by molar-refractivity contribution is 5.51. The smallest absolute Gasteiger partial charge is 0.200 e. The minimum atomic E-state index is -0.448. The van der Waals surface area contributed by atoms with Crippen LogP contribution in [-0.4, -0.2) is 15.3 Å². The van der Waals surface area contributed by atoms with Crippen LogP contribution in [0.15, 0.2) is 12.1 Å². The van der Waals surface area contributed by atoms with E-state index in [2.05, 4.69) is 6.92 Å². The Hall–Kier alpha value is -1.38. The molecule has 0 unspecified atom stereocenters. The van der Waals surface area contributed by atoms with Crippen LogP contribution < -0.4 is 0 Å². The molecule has 3 nitrogen and oxygen atoms in total. The van der Waals surface area contributed by atoms with E-state index in [0.29, 0.717) is 0 Å². The summed E-state index contributed by atoms with van der Waals surface area (Å²) in [5.74, 6) is -0.971. The SMILES string of the molecule is [CH2]CCCCCc1cc(O)c(O)c(O)c1. The number of unbranched alkanes of at least 4 members (excludes halogenated alkanes) is 3. The minimum Gasteiger partial charge on any atom is -0.504 e. The molecule has 0 saturated carbocycles. The second-order valence-electron chi connectivity index (χ2n) is 3.65. The normalized spacial score (nSPS) is 10.5. The molecular weight excluding hydrogens is 192 g/mol. The van der Waals surface area contributed by atoms with Crippen molar-refractivity contribution in [3.05, 3.63) is 24.6 Å². The summed E-state index contributed by atoms with van der Waals surface area (Å²) in [6.07, 6.45) is 4.91. The monoisotopic (exact) mass is 209 g/mol. The lowest BCUT2D eigenvalue weighted by molar-refractivity contribution is 0.367. The van der Waals surface area contributed by atoms with E-state index >= 15 is 0 Å². The van der Waals surface area contributed by atoms with E-state index in [9.17, 15) is 10.2 Å². The van der Waals surface area contributed by atoms with E-state index in [-0.39, 0.29) is 11.5 Å². The Morgan fingerprint density at radius 2 is 1.53 bits per heavy atom. The van der Waals surface area contributed by atoms with E-state index in [0.717, 1.165) is 37.7 Å². The van der Waals surface area contributed by atoms with Gasteiger partial charge in [0, 0.05) is 0 Å².